The van der Waals surface area contributed by atoms with Gasteiger partial charge in [-0.2, -0.15) is 5.10 Å². The fourth-order valence-electron chi connectivity index (χ4n) is 3.25. The Hall–Kier alpha value is -3.06. The second-order valence-corrected chi connectivity index (χ2v) is 6.92. The van der Waals surface area contributed by atoms with E-state index in [-0.39, 0.29) is 18.0 Å². The standard InChI is InChI=1S/C20H19ClN4O3/c21-15-4-1-2-5-17(15)23-9-11-24(12-10-23)20(27)14-25-19(26)8-7-16(22-25)18-6-3-13-28-18/h1-8,13H,9-12,14H2. The van der Waals surface area contributed by atoms with Crippen LogP contribution in [0.2, 0.25) is 5.02 Å². The summed E-state index contributed by atoms with van der Waals surface area (Å²) in [6, 6.07) is 14.2. The molecule has 3 aromatic rings. The number of halogens is 1. The van der Waals surface area contributed by atoms with Crippen molar-refractivity contribution in [1.29, 1.82) is 0 Å². The van der Waals surface area contributed by atoms with Crippen molar-refractivity contribution < 1.29 is 9.21 Å². The average molecular weight is 399 g/mol. The summed E-state index contributed by atoms with van der Waals surface area (Å²) in [7, 11) is 0. The zero-order valence-electron chi connectivity index (χ0n) is 15.1. The Morgan fingerprint density at radius 1 is 1.04 bits per heavy atom. The number of carbonyl (C=O) groups is 1. The van der Waals surface area contributed by atoms with E-state index >= 15 is 0 Å². The lowest BCUT2D eigenvalue weighted by Gasteiger charge is -2.36. The van der Waals surface area contributed by atoms with Crippen molar-refractivity contribution >= 4 is 23.2 Å². The molecular weight excluding hydrogens is 380 g/mol. The molecule has 1 saturated heterocycles. The van der Waals surface area contributed by atoms with E-state index in [1.165, 1.54) is 17.0 Å². The van der Waals surface area contributed by atoms with E-state index in [1.54, 1.807) is 23.1 Å². The molecule has 0 bridgehead atoms. The Balaban J connectivity index is 1.42. The molecule has 28 heavy (non-hydrogen) atoms. The number of anilines is 1. The zero-order valence-corrected chi connectivity index (χ0v) is 15.9. The number of nitrogens with zero attached hydrogens (tertiary/aromatic N) is 4. The molecule has 0 unspecified atom stereocenters. The molecule has 7 nitrogen and oxygen atoms in total. The van der Waals surface area contributed by atoms with E-state index in [9.17, 15) is 9.59 Å². The molecule has 144 valence electrons. The van der Waals surface area contributed by atoms with E-state index in [0.29, 0.717) is 42.7 Å². The third-order valence-electron chi connectivity index (χ3n) is 4.75. The first-order valence-corrected chi connectivity index (χ1v) is 9.39. The highest BCUT2D eigenvalue weighted by atomic mass is 35.5. The van der Waals surface area contributed by atoms with Crippen LogP contribution in [-0.2, 0) is 11.3 Å². The molecule has 1 aliphatic rings. The summed E-state index contributed by atoms with van der Waals surface area (Å²) in [5.74, 6) is 0.416. The number of hydrogen-bond acceptors (Lipinski definition) is 5. The Kier molecular flexibility index (Phi) is 5.16. The Bertz CT molecular complexity index is 1020. The maximum absolute atomic E-state index is 12.7. The fraction of sp³-hybridized carbons (Fsp3) is 0.250. The van der Waals surface area contributed by atoms with Crippen molar-refractivity contribution in [3.8, 4) is 11.5 Å². The number of furan rings is 1. The number of amides is 1. The second-order valence-electron chi connectivity index (χ2n) is 6.51. The second kappa shape index (κ2) is 7.90. The number of carbonyl (C=O) groups excluding carboxylic acids is 1. The third-order valence-corrected chi connectivity index (χ3v) is 5.07. The maximum atomic E-state index is 12.7. The van der Waals surface area contributed by atoms with Crippen LogP contribution in [0, 0.1) is 0 Å². The Morgan fingerprint density at radius 2 is 1.82 bits per heavy atom. The van der Waals surface area contributed by atoms with Gasteiger partial charge in [0.15, 0.2) is 5.76 Å². The summed E-state index contributed by atoms with van der Waals surface area (Å²) in [4.78, 5) is 28.7. The molecule has 8 heteroatoms. The maximum Gasteiger partial charge on any atom is 0.267 e. The molecular formula is C20H19ClN4O3. The van der Waals surface area contributed by atoms with Gasteiger partial charge in [-0.3, -0.25) is 9.59 Å². The molecule has 1 fully saturated rings. The quantitative estimate of drug-likeness (QED) is 0.675. The predicted octanol–water partition coefficient (Wildman–Crippen LogP) is 2.51. The van der Waals surface area contributed by atoms with Crippen LogP contribution in [-0.4, -0.2) is 46.8 Å². The first-order valence-electron chi connectivity index (χ1n) is 9.01. The van der Waals surface area contributed by atoms with Gasteiger partial charge >= 0.3 is 0 Å². The van der Waals surface area contributed by atoms with Gasteiger partial charge in [0.05, 0.1) is 17.0 Å². The molecule has 0 saturated carbocycles. The van der Waals surface area contributed by atoms with Crippen LogP contribution in [0.1, 0.15) is 0 Å². The number of rotatable bonds is 4. The molecule has 1 amide bonds. The predicted molar refractivity (Wildman–Crippen MR) is 106 cm³/mol. The van der Waals surface area contributed by atoms with Crippen LogP contribution in [0.4, 0.5) is 5.69 Å². The molecule has 0 N–H and O–H groups in total. The largest absolute Gasteiger partial charge is 0.463 e. The Morgan fingerprint density at radius 3 is 2.54 bits per heavy atom. The van der Waals surface area contributed by atoms with Gasteiger partial charge < -0.3 is 14.2 Å². The lowest BCUT2D eigenvalue weighted by atomic mass is 10.2. The van der Waals surface area contributed by atoms with Gasteiger partial charge in [0.1, 0.15) is 12.2 Å². The van der Waals surface area contributed by atoms with Gasteiger partial charge in [-0.15, -0.1) is 0 Å². The van der Waals surface area contributed by atoms with Crippen LogP contribution >= 0.6 is 11.6 Å². The molecule has 0 spiro atoms. The average Bonchev–Trinajstić information content (AvgIpc) is 3.25. The first kappa shape index (κ1) is 18.3. The van der Waals surface area contributed by atoms with Crippen molar-refractivity contribution in [3.63, 3.8) is 0 Å². The van der Waals surface area contributed by atoms with E-state index < -0.39 is 0 Å². The van der Waals surface area contributed by atoms with E-state index in [0.717, 1.165) is 5.69 Å². The molecule has 0 aliphatic carbocycles. The van der Waals surface area contributed by atoms with Gasteiger partial charge in [-0.25, -0.2) is 4.68 Å². The summed E-state index contributed by atoms with van der Waals surface area (Å²) >= 11 is 6.26. The van der Waals surface area contributed by atoms with Crippen molar-refractivity contribution in [3.05, 3.63) is 70.2 Å². The molecule has 0 atom stereocenters. The molecule has 0 radical (unpaired) electrons. The van der Waals surface area contributed by atoms with Crippen LogP contribution in [0.3, 0.4) is 0 Å². The van der Waals surface area contributed by atoms with Crippen molar-refractivity contribution in [2.24, 2.45) is 0 Å². The minimum Gasteiger partial charge on any atom is -0.463 e. The fourth-order valence-corrected chi connectivity index (χ4v) is 3.51. The third kappa shape index (κ3) is 3.80. The summed E-state index contributed by atoms with van der Waals surface area (Å²) in [6.45, 7) is 2.40. The smallest absolute Gasteiger partial charge is 0.267 e. The summed E-state index contributed by atoms with van der Waals surface area (Å²) < 4.78 is 6.49. The zero-order chi connectivity index (χ0) is 19.5. The lowest BCUT2D eigenvalue weighted by molar-refractivity contribution is -0.132. The SMILES string of the molecule is O=C(Cn1nc(-c2ccco2)ccc1=O)N1CCN(c2ccccc2Cl)CC1. The van der Waals surface area contributed by atoms with Gasteiger partial charge in [0, 0.05) is 32.2 Å². The highest BCUT2D eigenvalue weighted by Crippen LogP contribution is 2.26. The highest BCUT2D eigenvalue weighted by Gasteiger charge is 2.23. The monoisotopic (exact) mass is 398 g/mol. The van der Waals surface area contributed by atoms with Crippen LogP contribution < -0.4 is 10.5 Å². The van der Waals surface area contributed by atoms with Crippen molar-refractivity contribution in [2.45, 2.75) is 6.54 Å². The number of para-hydroxylation sites is 1. The van der Waals surface area contributed by atoms with E-state index in [4.69, 9.17) is 16.0 Å². The van der Waals surface area contributed by atoms with E-state index in [2.05, 4.69) is 10.00 Å². The minimum atomic E-state index is -0.321. The van der Waals surface area contributed by atoms with Crippen LogP contribution in [0.25, 0.3) is 11.5 Å². The summed E-state index contributed by atoms with van der Waals surface area (Å²) in [5.41, 5.74) is 1.17. The minimum absolute atomic E-state index is 0.0977. The van der Waals surface area contributed by atoms with Crippen molar-refractivity contribution in [2.75, 3.05) is 31.1 Å². The number of piperazine rings is 1. The van der Waals surface area contributed by atoms with Crippen LogP contribution in [0.15, 0.2) is 64.0 Å². The van der Waals surface area contributed by atoms with E-state index in [1.807, 2.05) is 24.3 Å². The summed E-state index contributed by atoms with van der Waals surface area (Å²) in [5, 5.41) is 4.96. The number of benzene rings is 1. The lowest BCUT2D eigenvalue weighted by Crippen LogP contribution is -2.50. The normalized spacial score (nSPS) is 14.3. The van der Waals surface area contributed by atoms with Gasteiger partial charge in [0.25, 0.3) is 5.56 Å². The summed E-state index contributed by atoms with van der Waals surface area (Å²) in [6.07, 6.45) is 1.54. The number of aromatic nitrogens is 2. The highest BCUT2D eigenvalue weighted by molar-refractivity contribution is 6.33. The molecule has 1 aromatic carbocycles. The topological polar surface area (TPSA) is 71.6 Å². The number of hydrogen-bond donors (Lipinski definition) is 0. The molecule has 3 heterocycles. The van der Waals surface area contributed by atoms with Crippen LogP contribution in [0.5, 0.6) is 0 Å². The Labute approximate surface area is 166 Å². The molecule has 1 aliphatic heterocycles. The van der Waals surface area contributed by atoms with Gasteiger partial charge in [-0.1, -0.05) is 23.7 Å². The van der Waals surface area contributed by atoms with Gasteiger partial charge in [-0.05, 0) is 30.3 Å². The van der Waals surface area contributed by atoms with Crippen molar-refractivity contribution in [1.82, 2.24) is 14.7 Å². The van der Waals surface area contributed by atoms with Gasteiger partial charge in [0.2, 0.25) is 5.91 Å². The molecule has 4 rings (SSSR count). The molecule has 2 aromatic heterocycles. The first-order chi connectivity index (χ1) is 13.6.